The van der Waals surface area contributed by atoms with Crippen molar-refractivity contribution >= 4 is 56.0 Å². The lowest BCUT2D eigenvalue weighted by atomic mass is 10.0. The lowest BCUT2D eigenvalue weighted by Gasteiger charge is -2.14. The minimum Gasteiger partial charge on any atom is -0.384 e. The normalized spacial score (nSPS) is 10.9. The van der Waals surface area contributed by atoms with Gasteiger partial charge in [0.15, 0.2) is 5.65 Å². The summed E-state index contributed by atoms with van der Waals surface area (Å²) in [7, 11) is 0. The minimum atomic E-state index is -0.459. The molecule has 0 unspecified atom stereocenters. The van der Waals surface area contributed by atoms with E-state index in [1.807, 2.05) is 29.0 Å². The van der Waals surface area contributed by atoms with E-state index in [2.05, 4.69) is 17.1 Å². The Morgan fingerprint density at radius 2 is 1.81 bits per heavy atom. The number of fused-ring (bicyclic) bond motifs is 3. The molecule has 0 aliphatic carbocycles. The zero-order chi connectivity index (χ0) is 21.7. The SMILES string of the molecule is N#Cc1c(-c2cccs2)c(C#N)c2nc(=O)c3c(-c4ccc(Cl)cc4)csc3n2c1N. The van der Waals surface area contributed by atoms with E-state index in [1.54, 1.807) is 18.2 Å². The van der Waals surface area contributed by atoms with Crippen LogP contribution >= 0.6 is 34.3 Å². The van der Waals surface area contributed by atoms with Crippen LogP contribution in [-0.4, -0.2) is 9.38 Å². The van der Waals surface area contributed by atoms with Crippen LogP contribution in [0.4, 0.5) is 5.82 Å². The highest BCUT2D eigenvalue weighted by molar-refractivity contribution is 7.17. The summed E-state index contributed by atoms with van der Waals surface area (Å²) in [6.45, 7) is 0. The number of aromatic nitrogens is 2. The topological polar surface area (TPSA) is 108 Å². The van der Waals surface area contributed by atoms with E-state index in [4.69, 9.17) is 17.3 Å². The van der Waals surface area contributed by atoms with Gasteiger partial charge in [-0.1, -0.05) is 29.8 Å². The average Bonchev–Trinajstić information content (AvgIpc) is 3.44. The molecular formula is C22H10ClN5OS2. The van der Waals surface area contributed by atoms with Gasteiger partial charge in [0.05, 0.1) is 5.39 Å². The van der Waals surface area contributed by atoms with Gasteiger partial charge in [-0.25, -0.2) is 0 Å². The van der Waals surface area contributed by atoms with Crippen LogP contribution in [0.2, 0.25) is 5.02 Å². The first-order valence-electron chi connectivity index (χ1n) is 8.94. The van der Waals surface area contributed by atoms with Gasteiger partial charge >= 0.3 is 0 Å². The summed E-state index contributed by atoms with van der Waals surface area (Å²) in [6.07, 6.45) is 0. The van der Waals surface area contributed by atoms with Crippen LogP contribution in [0.5, 0.6) is 0 Å². The van der Waals surface area contributed by atoms with Gasteiger partial charge in [0.25, 0.3) is 5.56 Å². The van der Waals surface area contributed by atoms with E-state index in [0.29, 0.717) is 31.2 Å². The van der Waals surface area contributed by atoms with Gasteiger partial charge in [-0.05, 0) is 29.1 Å². The van der Waals surface area contributed by atoms with Crippen molar-refractivity contribution in [1.82, 2.24) is 9.38 Å². The van der Waals surface area contributed by atoms with E-state index < -0.39 is 5.56 Å². The number of halogens is 1. The summed E-state index contributed by atoms with van der Waals surface area (Å²) in [5.74, 6) is 0.141. The summed E-state index contributed by atoms with van der Waals surface area (Å²) in [5.41, 5.74) is 8.34. The van der Waals surface area contributed by atoms with Crippen LogP contribution in [0.25, 0.3) is 37.4 Å². The number of nitriles is 2. The Labute approximate surface area is 188 Å². The predicted molar refractivity (Wildman–Crippen MR) is 124 cm³/mol. The fourth-order valence-corrected chi connectivity index (χ4v) is 5.61. The maximum atomic E-state index is 13.1. The van der Waals surface area contributed by atoms with Gasteiger partial charge in [-0.3, -0.25) is 9.20 Å². The van der Waals surface area contributed by atoms with Crippen LogP contribution in [0.3, 0.4) is 0 Å². The first-order chi connectivity index (χ1) is 15.0. The Kier molecular flexibility index (Phi) is 4.49. The lowest BCUT2D eigenvalue weighted by molar-refractivity contribution is 1.14. The Morgan fingerprint density at radius 3 is 2.45 bits per heavy atom. The maximum Gasteiger partial charge on any atom is 0.282 e. The van der Waals surface area contributed by atoms with Gasteiger partial charge < -0.3 is 5.73 Å². The number of anilines is 1. The standard InChI is InChI=1S/C22H10ClN5OS2/c23-12-5-3-11(4-6-12)15-10-31-22-18(15)21(29)27-20-14(9-25)17(16-2-1-7-30-16)13(8-24)19(26)28(20)22/h1-7,10H,26H2. The molecular weight excluding hydrogens is 450 g/mol. The van der Waals surface area contributed by atoms with Crippen molar-refractivity contribution in [3.8, 4) is 33.7 Å². The van der Waals surface area contributed by atoms with Crippen molar-refractivity contribution in [2.45, 2.75) is 0 Å². The molecule has 5 rings (SSSR count). The van der Waals surface area contributed by atoms with Crippen molar-refractivity contribution < 1.29 is 0 Å². The quantitative estimate of drug-likeness (QED) is 0.386. The molecule has 4 heterocycles. The molecule has 6 nitrogen and oxygen atoms in total. The Hall–Kier alpha value is -3.69. The van der Waals surface area contributed by atoms with Gasteiger partial charge in [0.1, 0.15) is 33.9 Å². The van der Waals surface area contributed by atoms with Crippen LogP contribution in [0.1, 0.15) is 11.1 Å². The zero-order valence-corrected chi connectivity index (χ0v) is 18.0. The van der Waals surface area contributed by atoms with Crippen LogP contribution < -0.4 is 11.3 Å². The summed E-state index contributed by atoms with van der Waals surface area (Å²) in [5, 5.41) is 24.5. The highest BCUT2D eigenvalue weighted by Gasteiger charge is 2.24. The summed E-state index contributed by atoms with van der Waals surface area (Å²) in [4.78, 5) is 18.6. The van der Waals surface area contributed by atoms with E-state index in [9.17, 15) is 15.3 Å². The molecule has 5 aromatic rings. The van der Waals surface area contributed by atoms with Gasteiger partial charge in [-0.15, -0.1) is 22.7 Å². The van der Waals surface area contributed by atoms with Crippen molar-refractivity contribution in [2.24, 2.45) is 0 Å². The monoisotopic (exact) mass is 459 g/mol. The molecule has 31 heavy (non-hydrogen) atoms. The first kappa shape index (κ1) is 19.3. The molecule has 9 heteroatoms. The Morgan fingerprint density at radius 1 is 1.06 bits per heavy atom. The maximum absolute atomic E-state index is 13.1. The second kappa shape index (κ2) is 7.22. The second-order valence-corrected chi connectivity index (χ2v) is 8.87. The lowest BCUT2D eigenvalue weighted by Crippen LogP contribution is -2.15. The second-order valence-electron chi connectivity index (χ2n) is 6.62. The number of nitrogen functional groups attached to an aromatic ring is 1. The summed E-state index contributed by atoms with van der Waals surface area (Å²) < 4.78 is 1.54. The third-order valence-electron chi connectivity index (χ3n) is 4.97. The Balaban J connectivity index is 1.96. The number of nitrogens with two attached hydrogens (primary N) is 1. The van der Waals surface area contributed by atoms with Crippen LogP contribution in [-0.2, 0) is 0 Å². The van der Waals surface area contributed by atoms with E-state index in [1.165, 1.54) is 27.1 Å². The summed E-state index contributed by atoms with van der Waals surface area (Å²) in [6, 6.07) is 15.0. The third kappa shape index (κ3) is 2.82. The molecule has 0 saturated carbocycles. The third-order valence-corrected chi connectivity index (χ3v) is 7.08. The smallest absolute Gasteiger partial charge is 0.282 e. The molecule has 0 spiro atoms. The van der Waals surface area contributed by atoms with Gasteiger partial charge in [0.2, 0.25) is 0 Å². The number of hydrogen-bond donors (Lipinski definition) is 1. The zero-order valence-electron chi connectivity index (χ0n) is 15.6. The number of pyridine rings is 1. The number of hydrogen-bond acceptors (Lipinski definition) is 7. The van der Waals surface area contributed by atoms with Gasteiger partial charge in [0, 0.05) is 26.4 Å². The molecule has 0 bridgehead atoms. The fraction of sp³-hybridized carbons (Fsp3) is 0. The van der Waals surface area contributed by atoms with Crippen molar-refractivity contribution in [3.63, 3.8) is 0 Å². The molecule has 148 valence electrons. The predicted octanol–water partition coefficient (Wildman–Crippen LogP) is 5.28. The molecule has 4 aromatic heterocycles. The molecule has 2 N–H and O–H groups in total. The molecule has 0 fully saturated rings. The minimum absolute atomic E-state index is 0.141. The van der Waals surface area contributed by atoms with Crippen LogP contribution in [0, 0.1) is 22.7 Å². The highest BCUT2D eigenvalue weighted by atomic mass is 35.5. The van der Waals surface area contributed by atoms with Crippen LogP contribution in [0.15, 0.2) is 52.0 Å². The molecule has 0 saturated heterocycles. The molecule has 0 radical (unpaired) electrons. The van der Waals surface area contributed by atoms with Crippen molar-refractivity contribution in [1.29, 1.82) is 10.5 Å². The molecule has 0 atom stereocenters. The summed E-state index contributed by atoms with van der Waals surface area (Å²) >= 11 is 8.68. The van der Waals surface area contributed by atoms with E-state index in [0.717, 1.165) is 5.56 Å². The number of rotatable bonds is 2. The molecule has 0 amide bonds. The fourth-order valence-electron chi connectivity index (χ4n) is 3.61. The van der Waals surface area contributed by atoms with Gasteiger partial charge in [-0.2, -0.15) is 15.5 Å². The van der Waals surface area contributed by atoms with E-state index >= 15 is 0 Å². The van der Waals surface area contributed by atoms with Crippen molar-refractivity contribution in [3.05, 3.63) is 73.7 Å². The number of nitrogens with zero attached hydrogens (tertiary/aromatic N) is 4. The number of thiophene rings is 2. The van der Waals surface area contributed by atoms with Crippen molar-refractivity contribution in [2.75, 3.05) is 5.73 Å². The average molecular weight is 460 g/mol. The molecule has 0 aliphatic heterocycles. The largest absolute Gasteiger partial charge is 0.384 e. The molecule has 1 aromatic carbocycles. The first-order valence-corrected chi connectivity index (χ1v) is 11.1. The number of benzene rings is 1. The van der Waals surface area contributed by atoms with E-state index in [-0.39, 0.29) is 22.6 Å². The molecule has 0 aliphatic rings. The Bertz CT molecular complexity index is 1640. The highest BCUT2D eigenvalue weighted by Crippen LogP contribution is 2.39.